The van der Waals surface area contributed by atoms with Gasteiger partial charge < -0.3 is 15.4 Å². The van der Waals surface area contributed by atoms with Crippen LogP contribution in [0.3, 0.4) is 0 Å². The molecule has 3 N–H and O–H groups in total. The number of fused-ring (bicyclic) bond motifs is 1. The van der Waals surface area contributed by atoms with E-state index in [1.165, 1.54) is 6.42 Å². The summed E-state index contributed by atoms with van der Waals surface area (Å²) in [5.74, 6) is 0.204. The predicted octanol–water partition coefficient (Wildman–Crippen LogP) is 0.133. The van der Waals surface area contributed by atoms with Crippen LogP contribution in [0.2, 0.25) is 0 Å². The molecule has 0 amide bonds. The first kappa shape index (κ1) is 7.86. The molecular formula is C8H15N3O. The molecule has 2 fully saturated rings. The van der Waals surface area contributed by atoms with Gasteiger partial charge in [0.15, 0.2) is 5.96 Å². The zero-order valence-electron chi connectivity index (χ0n) is 7.12. The van der Waals surface area contributed by atoms with Crippen molar-refractivity contribution in [1.29, 1.82) is 5.41 Å². The van der Waals surface area contributed by atoms with E-state index in [4.69, 9.17) is 15.9 Å². The van der Waals surface area contributed by atoms with Crippen LogP contribution in [0.4, 0.5) is 0 Å². The average Bonchev–Trinajstić information content (AvgIpc) is 2.49. The highest BCUT2D eigenvalue weighted by Crippen LogP contribution is 2.28. The lowest BCUT2D eigenvalue weighted by atomic mass is 10.1. The largest absolute Gasteiger partial charge is 0.374 e. The molecule has 68 valence electrons. The van der Waals surface area contributed by atoms with Crippen LogP contribution in [-0.2, 0) is 4.74 Å². The van der Waals surface area contributed by atoms with Crippen molar-refractivity contribution in [2.24, 2.45) is 5.73 Å². The fourth-order valence-corrected chi connectivity index (χ4v) is 2.22. The number of hydrogen-bond donors (Lipinski definition) is 2. The van der Waals surface area contributed by atoms with Crippen LogP contribution in [0, 0.1) is 5.41 Å². The first-order valence-corrected chi connectivity index (χ1v) is 4.51. The minimum Gasteiger partial charge on any atom is -0.374 e. The Labute approximate surface area is 72.2 Å². The van der Waals surface area contributed by atoms with Gasteiger partial charge in [0.2, 0.25) is 0 Å². The van der Waals surface area contributed by atoms with Crippen molar-refractivity contribution in [1.82, 2.24) is 4.90 Å². The molecule has 4 nitrogen and oxygen atoms in total. The van der Waals surface area contributed by atoms with Gasteiger partial charge in [0, 0.05) is 6.54 Å². The zero-order valence-corrected chi connectivity index (χ0v) is 7.12. The van der Waals surface area contributed by atoms with E-state index in [9.17, 15) is 0 Å². The third-order valence-corrected chi connectivity index (χ3v) is 2.79. The van der Waals surface area contributed by atoms with E-state index in [1.54, 1.807) is 0 Å². The molecule has 2 rings (SSSR count). The molecule has 1 saturated carbocycles. The van der Waals surface area contributed by atoms with E-state index in [-0.39, 0.29) is 5.96 Å². The van der Waals surface area contributed by atoms with Gasteiger partial charge in [0.05, 0.1) is 18.8 Å². The Morgan fingerprint density at radius 1 is 1.50 bits per heavy atom. The summed E-state index contributed by atoms with van der Waals surface area (Å²) in [5.41, 5.74) is 5.48. The molecule has 2 atom stereocenters. The summed E-state index contributed by atoms with van der Waals surface area (Å²) in [6, 6.07) is 0.385. The molecule has 2 aliphatic rings. The molecule has 0 bridgehead atoms. The molecule has 0 unspecified atom stereocenters. The highest BCUT2D eigenvalue weighted by atomic mass is 16.5. The van der Waals surface area contributed by atoms with Crippen molar-refractivity contribution in [2.75, 3.05) is 13.2 Å². The summed E-state index contributed by atoms with van der Waals surface area (Å²) in [5, 5.41) is 7.39. The summed E-state index contributed by atoms with van der Waals surface area (Å²) in [4.78, 5) is 1.97. The van der Waals surface area contributed by atoms with Crippen LogP contribution in [0.25, 0.3) is 0 Å². The lowest BCUT2D eigenvalue weighted by Gasteiger charge is -2.37. The quantitative estimate of drug-likeness (QED) is 0.400. The van der Waals surface area contributed by atoms with Crippen LogP contribution >= 0.6 is 0 Å². The smallest absolute Gasteiger partial charge is 0.188 e. The molecule has 0 aromatic carbocycles. The van der Waals surface area contributed by atoms with E-state index in [0.717, 1.165) is 26.0 Å². The highest BCUT2D eigenvalue weighted by molar-refractivity contribution is 5.75. The van der Waals surface area contributed by atoms with Gasteiger partial charge in [-0.15, -0.1) is 0 Å². The molecule has 0 spiro atoms. The Morgan fingerprint density at radius 3 is 3.08 bits per heavy atom. The number of rotatable bonds is 0. The fourth-order valence-electron chi connectivity index (χ4n) is 2.22. The first-order valence-electron chi connectivity index (χ1n) is 4.51. The molecule has 1 heterocycles. The number of ether oxygens (including phenoxy) is 1. The molecule has 1 saturated heterocycles. The van der Waals surface area contributed by atoms with Crippen molar-refractivity contribution < 1.29 is 4.74 Å². The SMILES string of the molecule is N=C(N)N1CCO[C@@H]2CCC[C@@H]21. The summed E-state index contributed by atoms with van der Waals surface area (Å²) in [6.07, 6.45) is 3.81. The second kappa shape index (κ2) is 2.94. The van der Waals surface area contributed by atoms with Crippen LogP contribution in [-0.4, -0.2) is 36.2 Å². The summed E-state index contributed by atoms with van der Waals surface area (Å²) in [6.45, 7) is 1.51. The molecule has 1 aliphatic carbocycles. The second-order valence-corrected chi connectivity index (χ2v) is 3.49. The van der Waals surface area contributed by atoms with Crippen LogP contribution in [0.15, 0.2) is 0 Å². The topological polar surface area (TPSA) is 62.3 Å². The molecule has 12 heavy (non-hydrogen) atoms. The normalized spacial score (nSPS) is 34.8. The molecule has 1 aliphatic heterocycles. The number of hydrogen-bond acceptors (Lipinski definition) is 2. The van der Waals surface area contributed by atoms with Crippen LogP contribution in [0.5, 0.6) is 0 Å². The summed E-state index contributed by atoms with van der Waals surface area (Å²) >= 11 is 0. The molecule has 0 aromatic heterocycles. The average molecular weight is 169 g/mol. The third kappa shape index (κ3) is 1.16. The van der Waals surface area contributed by atoms with Gasteiger partial charge in [0.1, 0.15) is 0 Å². The number of morpholine rings is 1. The Bertz CT molecular complexity index is 195. The number of nitrogens with two attached hydrogens (primary N) is 1. The van der Waals surface area contributed by atoms with Crippen LogP contribution < -0.4 is 5.73 Å². The van der Waals surface area contributed by atoms with Gasteiger partial charge >= 0.3 is 0 Å². The van der Waals surface area contributed by atoms with Crippen LogP contribution in [0.1, 0.15) is 19.3 Å². The fraction of sp³-hybridized carbons (Fsp3) is 0.875. The monoisotopic (exact) mass is 169 g/mol. The Hall–Kier alpha value is -0.770. The van der Waals surface area contributed by atoms with Gasteiger partial charge in [-0.05, 0) is 19.3 Å². The van der Waals surface area contributed by atoms with Crippen molar-refractivity contribution in [3.05, 3.63) is 0 Å². The highest BCUT2D eigenvalue weighted by Gasteiger charge is 2.36. The maximum absolute atomic E-state index is 7.39. The summed E-state index contributed by atoms with van der Waals surface area (Å²) in [7, 11) is 0. The van der Waals surface area contributed by atoms with Crippen molar-refractivity contribution in [3.8, 4) is 0 Å². The zero-order chi connectivity index (χ0) is 8.55. The number of nitrogens with zero attached hydrogens (tertiary/aromatic N) is 1. The molecule has 0 aromatic rings. The Kier molecular flexibility index (Phi) is 1.92. The number of nitrogens with one attached hydrogen (secondary N) is 1. The maximum atomic E-state index is 7.39. The van der Waals surface area contributed by atoms with Gasteiger partial charge in [0.25, 0.3) is 0 Å². The van der Waals surface area contributed by atoms with E-state index in [2.05, 4.69) is 0 Å². The predicted molar refractivity (Wildman–Crippen MR) is 46.0 cm³/mol. The summed E-state index contributed by atoms with van der Waals surface area (Å²) < 4.78 is 5.59. The molecule has 4 heteroatoms. The van der Waals surface area contributed by atoms with Gasteiger partial charge in [-0.25, -0.2) is 0 Å². The lowest BCUT2D eigenvalue weighted by Crippen LogP contribution is -2.53. The maximum Gasteiger partial charge on any atom is 0.188 e. The molecule has 0 radical (unpaired) electrons. The minimum absolute atomic E-state index is 0.204. The van der Waals surface area contributed by atoms with E-state index >= 15 is 0 Å². The number of guanidine groups is 1. The van der Waals surface area contributed by atoms with Crippen molar-refractivity contribution in [3.63, 3.8) is 0 Å². The molecular weight excluding hydrogens is 154 g/mol. The Morgan fingerprint density at radius 2 is 2.33 bits per heavy atom. The van der Waals surface area contributed by atoms with E-state index in [1.807, 2.05) is 4.90 Å². The lowest BCUT2D eigenvalue weighted by molar-refractivity contribution is -0.0300. The first-order chi connectivity index (χ1) is 5.79. The van der Waals surface area contributed by atoms with E-state index < -0.39 is 0 Å². The Balaban J connectivity index is 2.08. The van der Waals surface area contributed by atoms with Crippen molar-refractivity contribution >= 4 is 5.96 Å². The minimum atomic E-state index is 0.204. The second-order valence-electron chi connectivity index (χ2n) is 3.49. The third-order valence-electron chi connectivity index (χ3n) is 2.79. The van der Waals surface area contributed by atoms with Gasteiger partial charge in [-0.1, -0.05) is 0 Å². The van der Waals surface area contributed by atoms with Gasteiger partial charge in [-0.3, -0.25) is 5.41 Å². The van der Waals surface area contributed by atoms with E-state index in [0.29, 0.717) is 12.1 Å². The van der Waals surface area contributed by atoms with Crippen molar-refractivity contribution in [2.45, 2.75) is 31.4 Å². The van der Waals surface area contributed by atoms with Gasteiger partial charge in [-0.2, -0.15) is 0 Å². The standard InChI is InChI=1S/C8H15N3O/c9-8(10)11-4-5-12-7-3-1-2-6(7)11/h6-7H,1-5H2,(H3,9,10)/t6-,7+/m0/s1.